The van der Waals surface area contributed by atoms with Crippen LogP contribution in [0.1, 0.15) is 34.6 Å². The summed E-state index contributed by atoms with van der Waals surface area (Å²) in [6, 6.07) is 9.18. The highest BCUT2D eigenvalue weighted by Crippen LogP contribution is 2.25. The lowest BCUT2D eigenvalue weighted by Gasteiger charge is -2.16. The van der Waals surface area contributed by atoms with Gasteiger partial charge in [-0.15, -0.1) is 16.4 Å². The summed E-state index contributed by atoms with van der Waals surface area (Å²) in [6.45, 7) is 2.05. The van der Waals surface area contributed by atoms with Gasteiger partial charge in [0.05, 0.1) is 13.2 Å². The maximum Gasteiger partial charge on any atom is 0.251 e. The first kappa shape index (κ1) is 16.1. The maximum atomic E-state index is 12.6. The van der Waals surface area contributed by atoms with Crippen molar-refractivity contribution in [3.05, 3.63) is 52.5 Å². The second-order valence-corrected chi connectivity index (χ2v) is 6.07. The van der Waals surface area contributed by atoms with Crippen molar-refractivity contribution in [2.24, 2.45) is 0 Å². The summed E-state index contributed by atoms with van der Waals surface area (Å²) in [5.41, 5.74) is 1.13. The smallest absolute Gasteiger partial charge is 0.251 e. The van der Waals surface area contributed by atoms with Crippen LogP contribution in [0.3, 0.4) is 0 Å². The van der Waals surface area contributed by atoms with Gasteiger partial charge in [-0.1, -0.05) is 13.0 Å². The molecule has 1 N–H and O–H groups in total. The van der Waals surface area contributed by atoms with E-state index >= 15 is 0 Å². The van der Waals surface area contributed by atoms with Gasteiger partial charge in [-0.2, -0.15) is 4.68 Å². The number of nitrogens with zero attached hydrogens (tertiary/aromatic N) is 4. The maximum absolute atomic E-state index is 12.6. The lowest BCUT2D eigenvalue weighted by molar-refractivity contribution is 0.0936. The number of aromatic nitrogens is 4. The van der Waals surface area contributed by atoms with Crippen LogP contribution in [0, 0.1) is 0 Å². The number of carbonyl (C=O) groups excluding carboxylic acids is 1. The second kappa shape index (κ2) is 7.22. The van der Waals surface area contributed by atoms with Gasteiger partial charge in [0.2, 0.25) is 0 Å². The Bertz CT molecular complexity index is 802. The van der Waals surface area contributed by atoms with Crippen LogP contribution >= 0.6 is 11.3 Å². The van der Waals surface area contributed by atoms with Crippen LogP contribution in [0.25, 0.3) is 5.69 Å². The molecule has 0 spiro atoms. The molecule has 2 heterocycles. The van der Waals surface area contributed by atoms with E-state index < -0.39 is 0 Å². The van der Waals surface area contributed by atoms with Crippen molar-refractivity contribution < 1.29 is 9.53 Å². The van der Waals surface area contributed by atoms with Crippen LogP contribution in [0.15, 0.2) is 42.0 Å². The van der Waals surface area contributed by atoms with Crippen molar-refractivity contribution in [3.63, 3.8) is 0 Å². The number of nitrogens with one attached hydrogen (secondary N) is 1. The Morgan fingerprint density at radius 2 is 2.29 bits per heavy atom. The minimum atomic E-state index is -0.146. The van der Waals surface area contributed by atoms with Gasteiger partial charge >= 0.3 is 0 Å². The van der Waals surface area contributed by atoms with Crippen LogP contribution in [0.2, 0.25) is 0 Å². The monoisotopic (exact) mass is 343 g/mol. The highest BCUT2D eigenvalue weighted by Gasteiger charge is 2.17. The second-order valence-electron chi connectivity index (χ2n) is 5.09. The van der Waals surface area contributed by atoms with E-state index in [-0.39, 0.29) is 11.9 Å². The highest BCUT2D eigenvalue weighted by molar-refractivity contribution is 7.10. The van der Waals surface area contributed by atoms with Crippen molar-refractivity contribution in [3.8, 4) is 11.4 Å². The lowest BCUT2D eigenvalue weighted by atomic mass is 10.1. The lowest BCUT2D eigenvalue weighted by Crippen LogP contribution is -2.27. The van der Waals surface area contributed by atoms with Gasteiger partial charge in [-0.25, -0.2) is 0 Å². The van der Waals surface area contributed by atoms with E-state index in [9.17, 15) is 4.79 Å². The zero-order valence-electron chi connectivity index (χ0n) is 13.3. The molecule has 0 saturated heterocycles. The number of hydrogen-bond acceptors (Lipinski definition) is 6. The van der Waals surface area contributed by atoms with Crippen LogP contribution in [0.4, 0.5) is 0 Å². The molecule has 0 saturated carbocycles. The van der Waals surface area contributed by atoms with Crippen molar-refractivity contribution in [1.29, 1.82) is 0 Å². The molecule has 1 aromatic carbocycles. The van der Waals surface area contributed by atoms with Crippen LogP contribution in [-0.4, -0.2) is 33.2 Å². The van der Waals surface area contributed by atoms with Gasteiger partial charge in [-0.3, -0.25) is 4.79 Å². The fourth-order valence-corrected chi connectivity index (χ4v) is 3.25. The molecule has 2 aromatic heterocycles. The molecule has 3 rings (SSSR count). The molecule has 124 valence electrons. The highest BCUT2D eigenvalue weighted by atomic mass is 32.1. The number of thiophene rings is 1. The molecule has 0 radical (unpaired) electrons. The van der Waals surface area contributed by atoms with Gasteiger partial charge < -0.3 is 10.1 Å². The Kier molecular flexibility index (Phi) is 4.85. The number of methoxy groups -OCH3 is 1. The van der Waals surface area contributed by atoms with Crippen molar-refractivity contribution >= 4 is 17.2 Å². The summed E-state index contributed by atoms with van der Waals surface area (Å²) in [5, 5.41) is 16.2. The van der Waals surface area contributed by atoms with E-state index in [4.69, 9.17) is 4.74 Å². The van der Waals surface area contributed by atoms with E-state index in [1.807, 2.05) is 24.4 Å². The van der Waals surface area contributed by atoms with Gasteiger partial charge in [-0.05, 0) is 46.5 Å². The van der Waals surface area contributed by atoms with Gasteiger partial charge in [0.1, 0.15) is 17.8 Å². The third-order valence-corrected chi connectivity index (χ3v) is 4.62. The Morgan fingerprint density at radius 3 is 2.92 bits per heavy atom. The van der Waals surface area contributed by atoms with E-state index in [1.165, 1.54) is 11.0 Å². The van der Waals surface area contributed by atoms with Crippen LogP contribution in [0.5, 0.6) is 5.75 Å². The average Bonchev–Trinajstić information content (AvgIpc) is 3.32. The predicted molar refractivity (Wildman–Crippen MR) is 90.5 cm³/mol. The Morgan fingerprint density at radius 1 is 1.42 bits per heavy atom. The summed E-state index contributed by atoms with van der Waals surface area (Å²) in [6.07, 6.45) is 2.28. The zero-order valence-corrected chi connectivity index (χ0v) is 14.2. The summed E-state index contributed by atoms with van der Waals surface area (Å²) in [7, 11) is 1.56. The van der Waals surface area contributed by atoms with E-state index in [2.05, 4.69) is 20.8 Å². The molecule has 1 atom stereocenters. The minimum Gasteiger partial charge on any atom is -0.494 e. The topological polar surface area (TPSA) is 81.9 Å². The molecule has 8 heteroatoms. The summed E-state index contributed by atoms with van der Waals surface area (Å²) in [4.78, 5) is 13.8. The van der Waals surface area contributed by atoms with Crippen LogP contribution in [-0.2, 0) is 0 Å². The minimum absolute atomic E-state index is 0.00362. The Labute approximate surface area is 143 Å². The Hall–Kier alpha value is -2.74. The molecule has 0 aliphatic heterocycles. The summed E-state index contributed by atoms with van der Waals surface area (Å²) < 4.78 is 6.78. The summed E-state index contributed by atoms with van der Waals surface area (Å²) in [5.74, 6) is 0.441. The molecule has 3 aromatic rings. The number of tetrazole rings is 1. The van der Waals surface area contributed by atoms with Gasteiger partial charge in [0, 0.05) is 10.4 Å². The van der Waals surface area contributed by atoms with E-state index in [1.54, 1.807) is 36.6 Å². The molecule has 0 aliphatic carbocycles. The first-order valence-corrected chi connectivity index (χ1v) is 8.36. The Balaban J connectivity index is 1.86. The molecule has 1 unspecified atom stereocenters. The van der Waals surface area contributed by atoms with Crippen LogP contribution < -0.4 is 10.1 Å². The molecule has 0 aliphatic rings. The average molecular weight is 343 g/mol. The standard InChI is InChI=1S/C16H17N5O2S/c1-3-12(15-5-4-8-24-15)18-16(22)11-6-7-14(23-2)13(9-11)21-10-17-19-20-21/h4-10,12H,3H2,1-2H3,(H,18,22). The third kappa shape index (κ3) is 3.28. The number of amides is 1. The quantitative estimate of drug-likeness (QED) is 0.744. The van der Waals surface area contributed by atoms with Crippen molar-refractivity contribution in [2.45, 2.75) is 19.4 Å². The number of carbonyl (C=O) groups is 1. The fourth-order valence-electron chi connectivity index (χ4n) is 2.39. The van der Waals surface area contributed by atoms with Crippen molar-refractivity contribution in [2.75, 3.05) is 7.11 Å². The molecule has 0 fully saturated rings. The number of benzene rings is 1. The summed E-state index contributed by atoms with van der Waals surface area (Å²) >= 11 is 1.63. The number of rotatable bonds is 6. The first-order chi connectivity index (χ1) is 11.7. The molecule has 24 heavy (non-hydrogen) atoms. The molecular weight excluding hydrogens is 326 g/mol. The zero-order chi connectivity index (χ0) is 16.9. The molecular formula is C16H17N5O2S. The van der Waals surface area contributed by atoms with E-state index in [0.717, 1.165) is 11.3 Å². The fraction of sp³-hybridized carbons (Fsp3) is 0.250. The van der Waals surface area contributed by atoms with Crippen molar-refractivity contribution in [1.82, 2.24) is 25.5 Å². The largest absolute Gasteiger partial charge is 0.494 e. The third-order valence-electron chi connectivity index (χ3n) is 3.64. The van der Waals surface area contributed by atoms with Gasteiger partial charge in [0.15, 0.2) is 0 Å². The normalized spacial score (nSPS) is 11.9. The van der Waals surface area contributed by atoms with Gasteiger partial charge in [0.25, 0.3) is 5.91 Å². The predicted octanol–water partition coefficient (Wildman–Crippen LogP) is 2.61. The number of ether oxygens (including phenoxy) is 1. The number of hydrogen-bond donors (Lipinski definition) is 1. The molecule has 0 bridgehead atoms. The first-order valence-electron chi connectivity index (χ1n) is 7.48. The molecule has 7 nitrogen and oxygen atoms in total. The molecule has 1 amide bonds. The van der Waals surface area contributed by atoms with E-state index in [0.29, 0.717) is 17.0 Å². The SMILES string of the molecule is CCC(NC(=O)c1ccc(OC)c(-n2cnnn2)c1)c1cccs1.